The van der Waals surface area contributed by atoms with Gasteiger partial charge < -0.3 is 0 Å². The van der Waals surface area contributed by atoms with Crippen LogP contribution in [0.5, 0.6) is 0 Å². The Kier molecular flexibility index (Phi) is 7.45. The molecule has 0 bridgehead atoms. The maximum absolute atomic E-state index is 5.21. The van der Waals surface area contributed by atoms with Crippen molar-refractivity contribution in [2.75, 3.05) is 0 Å². The number of nitrogens with zero attached hydrogens (tertiary/aromatic N) is 3. The van der Waals surface area contributed by atoms with Crippen molar-refractivity contribution in [3.05, 3.63) is 176 Å². The number of rotatable bonds is 5. The van der Waals surface area contributed by atoms with Crippen LogP contribution in [-0.2, 0) is 0 Å². The van der Waals surface area contributed by atoms with Crippen LogP contribution in [0.2, 0.25) is 0 Å². The Balaban J connectivity index is 1.01. The highest BCUT2D eigenvalue weighted by atomic mass is 32.1. The molecule has 0 N–H and O–H groups in total. The lowest BCUT2D eigenvalue weighted by molar-refractivity contribution is 1.07. The van der Waals surface area contributed by atoms with E-state index in [9.17, 15) is 0 Å². The average molecular weight is 780 g/mol. The summed E-state index contributed by atoms with van der Waals surface area (Å²) in [6.45, 7) is 0. The van der Waals surface area contributed by atoms with Crippen LogP contribution in [0.4, 0.5) is 0 Å². The fourth-order valence-corrected chi connectivity index (χ4v) is 11.7. The number of thiophene rings is 3. The molecule has 0 spiro atoms. The highest BCUT2D eigenvalue weighted by molar-refractivity contribution is 7.26. The molecule has 0 fully saturated rings. The van der Waals surface area contributed by atoms with E-state index in [0.29, 0.717) is 17.5 Å². The molecule has 57 heavy (non-hydrogen) atoms. The molecule has 0 unspecified atom stereocenters. The van der Waals surface area contributed by atoms with E-state index in [0.717, 1.165) is 22.3 Å². The molecule has 12 rings (SSSR count). The SMILES string of the molecule is c1cc(-c2nc(-c3ccc(-c4cccc5sc6ccccc6c45)cc3)nc(-c3ccc4c(c3)sc3ccccc34)n2)cc(-c2cccc3sc4ccccc4c23)c1. The maximum Gasteiger partial charge on any atom is 0.164 e. The number of hydrogen-bond acceptors (Lipinski definition) is 6. The first kappa shape index (κ1) is 32.7. The van der Waals surface area contributed by atoms with Crippen molar-refractivity contribution in [3.63, 3.8) is 0 Å². The fourth-order valence-electron chi connectivity index (χ4n) is 8.28. The third kappa shape index (κ3) is 5.41. The molecular formula is C51H29N3S3. The van der Waals surface area contributed by atoms with Gasteiger partial charge in [0.05, 0.1) is 0 Å². The van der Waals surface area contributed by atoms with Crippen molar-refractivity contribution >= 4 is 94.5 Å². The molecule has 0 aliphatic heterocycles. The first-order valence-electron chi connectivity index (χ1n) is 18.9. The van der Waals surface area contributed by atoms with E-state index in [1.807, 2.05) is 22.7 Å². The van der Waals surface area contributed by atoms with Gasteiger partial charge in [0.25, 0.3) is 0 Å². The van der Waals surface area contributed by atoms with E-state index in [1.165, 1.54) is 77.2 Å². The van der Waals surface area contributed by atoms with Crippen LogP contribution in [0.3, 0.4) is 0 Å². The molecule has 0 amide bonds. The van der Waals surface area contributed by atoms with E-state index in [2.05, 4.69) is 176 Å². The second-order valence-corrected chi connectivity index (χ2v) is 17.6. The van der Waals surface area contributed by atoms with Crippen LogP contribution >= 0.6 is 34.0 Å². The van der Waals surface area contributed by atoms with Gasteiger partial charge in [-0.1, -0.05) is 133 Å². The molecule has 4 heterocycles. The van der Waals surface area contributed by atoms with Crippen molar-refractivity contribution in [2.45, 2.75) is 0 Å². The van der Waals surface area contributed by atoms with Gasteiger partial charge in [-0.2, -0.15) is 0 Å². The molecule has 0 radical (unpaired) electrons. The summed E-state index contributed by atoms with van der Waals surface area (Å²) < 4.78 is 7.68. The Morgan fingerprint density at radius 2 is 0.684 bits per heavy atom. The summed E-state index contributed by atoms with van der Waals surface area (Å²) in [7, 11) is 0. The first-order chi connectivity index (χ1) is 28.2. The van der Waals surface area contributed by atoms with E-state index in [4.69, 9.17) is 15.0 Å². The average Bonchev–Trinajstić information content (AvgIpc) is 3.97. The van der Waals surface area contributed by atoms with Gasteiger partial charge in [0.2, 0.25) is 0 Å². The number of hydrogen-bond donors (Lipinski definition) is 0. The Morgan fingerprint density at radius 1 is 0.263 bits per heavy atom. The second kappa shape index (κ2) is 13.0. The molecule has 0 aliphatic carbocycles. The quantitative estimate of drug-likeness (QED) is 0.175. The van der Waals surface area contributed by atoms with Crippen LogP contribution in [0.15, 0.2) is 176 Å². The van der Waals surface area contributed by atoms with E-state index >= 15 is 0 Å². The fraction of sp³-hybridized carbons (Fsp3) is 0. The molecule has 8 aromatic carbocycles. The van der Waals surface area contributed by atoms with Gasteiger partial charge in [-0.05, 0) is 64.7 Å². The Bertz CT molecular complexity index is 3540. The van der Waals surface area contributed by atoms with Crippen LogP contribution in [0, 0.1) is 0 Å². The van der Waals surface area contributed by atoms with E-state index in [1.54, 1.807) is 11.3 Å². The standard InChI is InChI=1S/C51H29N3S3/c1-4-17-41-37(12-1)38-27-26-34(29-46(38)57-41)51-53-49(31-24-22-30(23-25-31)35-15-8-20-44-47(35)39-13-2-5-18-42(39)55-44)52-50(54-51)33-11-7-10-32(28-33)36-16-9-21-45-48(36)40-14-3-6-19-43(40)56-45/h1-29H. The topological polar surface area (TPSA) is 38.7 Å². The number of aromatic nitrogens is 3. The molecule has 0 aliphatic rings. The van der Waals surface area contributed by atoms with Crippen molar-refractivity contribution in [1.82, 2.24) is 15.0 Å². The molecular weight excluding hydrogens is 751 g/mol. The molecule has 266 valence electrons. The number of fused-ring (bicyclic) bond motifs is 9. The smallest absolute Gasteiger partial charge is 0.164 e. The molecule has 0 atom stereocenters. The van der Waals surface area contributed by atoms with Gasteiger partial charge in [-0.15, -0.1) is 34.0 Å². The predicted octanol–water partition coefficient (Wildman–Crippen LogP) is 15.3. The minimum absolute atomic E-state index is 0.647. The third-order valence-corrected chi connectivity index (χ3v) is 14.4. The monoisotopic (exact) mass is 779 g/mol. The largest absolute Gasteiger partial charge is 0.208 e. The first-order valence-corrected chi connectivity index (χ1v) is 21.4. The van der Waals surface area contributed by atoms with Gasteiger partial charge in [0, 0.05) is 77.2 Å². The summed E-state index contributed by atoms with van der Waals surface area (Å²) in [6.07, 6.45) is 0. The minimum atomic E-state index is 0.647. The van der Waals surface area contributed by atoms with Gasteiger partial charge in [0.1, 0.15) is 0 Å². The van der Waals surface area contributed by atoms with E-state index in [-0.39, 0.29) is 0 Å². The molecule has 0 saturated carbocycles. The Hall–Kier alpha value is -6.57. The second-order valence-electron chi connectivity index (χ2n) is 14.3. The third-order valence-electron chi connectivity index (χ3n) is 11.0. The molecule has 3 nitrogen and oxygen atoms in total. The lowest BCUT2D eigenvalue weighted by Crippen LogP contribution is -2.00. The van der Waals surface area contributed by atoms with Crippen LogP contribution in [0.1, 0.15) is 0 Å². The van der Waals surface area contributed by atoms with Crippen molar-refractivity contribution in [2.24, 2.45) is 0 Å². The van der Waals surface area contributed by atoms with Crippen molar-refractivity contribution in [1.29, 1.82) is 0 Å². The van der Waals surface area contributed by atoms with Gasteiger partial charge in [0.15, 0.2) is 17.5 Å². The summed E-state index contributed by atoms with van der Waals surface area (Å²) >= 11 is 5.49. The van der Waals surface area contributed by atoms with Crippen LogP contribution < -0.4 is 0 Å². The summed E-state index contributed by atoms with van der Waals surface area (Å²) in [5, 5.41) is 7.70. The van der Waals surface area contributed by atoms with Crippen LogP contribution in [-0.4, -0.2) is 15.0 Å². The maximum atomic E-state index is 5.21. The number of benzene rings is 8. The summed E-state index contributed by atoms with van der Waals surface area (Å²) in [5.74, 6) is 1.95. The lowest BCUT2D eigenvalue weighted by atomic mass is 9.97. The zero-order chi connectivity index (χ0) is 37.5. The molecule has 4 aromatic heterocycles. The summed E-state index contributed by atoms with van der Waals surface area (Å²) in [4.78, 5) is 15.6. The predicted molar refractivity (Wildman–Crippen MR) is 246 cm³/mol. The molecule has 6 heteroatoms. The zero-order valence-corrected chi connectivity index (χ0v) is 32.8. The normalized spacial score (nSPS) is 11.9. The highest BCUT2D eigenvalue weighted by Crippen LogP contribution is 2.42. The highest BCUT2D eigenvalue weighted by Gasteiger charge is 2.17. The van der Waals surface area contributed by atoms with Gasteiger partial charge >= 0.3 is 0 Å². The summed E-state index contributed by atoms with van der Waals surface area (Å²) in [5.41, 5.74) is 7.61. The zero-order valence-electron chi connectivity index (χ0n) is 30.3. The van der Waals surface area contributed by atoms with Crippen molar-refractivity contribution < 1.29 is 0 Å². The Morgan fingerprint density at radius 3 is 1.33 bits per heavy atom. The van der Waals surface area contributed by atoms with E-state index < -0.39 is 0 Å². The Labute approximate surface area is 339 Å². The van der Waals surface area contributed by atoms with Gasteiger partial charge in [-0.25, -0.2) is 15.0 Å². The molecule has 0 saturated heterocycles. The van der Waals surface area contributed by atoms with Gasteiger partial charge in [-0.3, -0.25) is 0 Å². The summed E-state index contributed by atoms with van der Waals surface area (Å²) in [6, 6.07) is 63.2. The van der Waals surface area contributed by atoms with Crippen molar-refractivity contribution in [3.8, 4) is 56.4 Å². The minimum Gasteiger partial charge on any atom is -0.208 e. The van der Waals surface area contributed by atoms with Crippen LogP contribution in [0.25, 0.3) is 117 Å². The lowest BCUT2D eigenvalue weighted by Gasteiger charge is -2.11. The molecule has 12 aromatic rings.